The zero-order chi connectivity index (χ0) is 21.8. The molecule has 9 heteroatoms. The zero-order valence-corrected chi connectivity index (χ0v) is 17.5. The van der Waals surface area contributed by atoms with Gasteiger partial charge in [0.15, 0.2) is 11.6 Å². The minimum Gasteiger partial charge on any atom is -0.497 e. The van der Waals surface area contributed by atoms with Crippen molar-refractivity contribution in [2.75, 3.05) is 17.7 Å². The van der Waals surface area contributed by atoms with Crippen molar-refractivity contribution in [3.63, 3.8) is 0 Å². The number of anilines is 1. The quantitative estimate of drug-likeness (QED) is 0.702. The monoisotopic (exact) mass is 426 g/mol. The Labute approximate surface area is 169 Å². The van der Waals surface area contributed by atoms with Gasteiger partial charge >= 0.3 is 0 Å². The van der Waals surface area contributed by atoms with E-state index in [-0.39, 0.29) is 11.7 Å². The number of carbonyl (C=O) groups excluding carboxylic acids is 1. The number of amides is 1. The summed E-state index contributed by atoms with van der Waals surface area (Å²) in [7, 11) is -2.39. The number of nitrogens with zero attached hydrogens (tertiary/aromatic N) is 1. The predicted octanol–water partition coefficient (Wildman–Crippen LogP) is 3.40. The molecule has 0 unspecified atom stereocenters. The van der Waals surface area contributed by atoms with Crippen LogP contribution in [0.1, 0.15) is 31.9 Å². The zero-order valence-electron chi connectivity index (χ0n) is 16.6. The highest BCUT2D eigenvalue weighted by Gasteiger charge is 2.30. The van der Waals surface area contributed by atoms with Gasteiger partial charge in [-0.15, -0.1) is 0 Å². The third-order valence-electron chi connectivity index (χ3n) is 4.49. The Bertz CT molecular complexity index is 965. The maximum atomic E-state index is 13.6. The maximum Gasteiger partial charge on any atom is 0.244 e. The first-order valence-corrected chi connectivity index (χ1v) is 10.8. The van der Waals surface area contributed by atoms with Gasteiger partial charge in [0.2, 0.25) is 15.9 Å². The molecule has 1 amide bonds. The van der Waals surface area contributed by atoms with Crippen molar-refractivity contribution in [3.05, 3.63) is 59.7 Å². The second-order valence-corrected chi connectivity index (χ2v) is 8.44. The van der Waals surface area contributed by atoms with Crippen molar-refractivity contribution in [2.24, 2.45) is 0 Å². The van der Waals surface area contributed by atoms with Gasteiger partial charge in [-0.25, -0.2) is 17.2 Å². The lowest BCUT2D eigenvalue weighted by Gasteiger charge is -2.30. The highest BCUT2D eigenvalue weighted by Crippen LogP contribution is 2.25. The Balaban J connectivity index is 2.28. The summed E-state index contributed by atoms with van der Waals surface area (Å²) >= 11 is 0. The second kappa shape index (κ2) is 9.21. The summed E-state index contributed by atoms with van der Waals surface area (Å²) < 4.78 is 57.3. The number of carbonyl (C=O) groups is 1. The van der Waals surface area contributed by atoms with Gasteiger partial charge in [-0.05, 0) is 43.2 Å². The Morgan fingerprint density at radius 1 is 1.14 bits per heavy atom. The van der Waals surface area contributed by atoms with Crippen LogP contribution in [0.3, 0.4) is 0 Å². The normalized spacial score (nSPS) is 13.4. The molecule has 6 nitrogen and oxygen atoms in total. The second-order valence-electron chi connectivity index (χ2n) is 6.58. The van der Waals surface area contributed by atoms with Gasteiger partial charge in [0, 0.05) is 6.07 Å². The van der Waals surface area contributed by atoms with E-state index in [2.05, 4.69) is 5.32 Å². The van der Waals surface area contributed by atoms with Gasteiger partial charge in [-0.3, -0.25) is 9.10 Å². The molecular formula is C20H24F2N2O4S. The molecule has 2 atom stereocenters. The van der Waals surface area contributed by atoms with E-state index in [1.807, 2.05) is 19.1 Å². The maximum absolute atomic E-state index is 13.6. The summed E-state index contributed by atoms with van der Waals surface area (Å²) in [5, 5.41) is 2.81. The summed E-state index contributed by atoms with van der Waals surface area (Å²) in [5.41, 5.74) is 0.694. The number of ether oxygens (including phenoxy) is 1. The van der Waals surface area contributed by atoms with Crippen LogP contribution in [0.25, 0.3) is 0 Å². The molecule has 158 valence electrons. The molecule has 0 aliphatic carbocycles. The number of benzene rings is 2. The van der Waals surface area contributed by atoms with Crippen LogP contribution in [0.15, 0.2) is 42.5 Å². The average molecular weight is 426 g/mol. The van der Waals surface area contributed by atoms with Crippen LogP contribution in [0.5, 0.6) is 5.75 Å². The minimum atomic E-state index is -3.94. The molecule has 2 rings (SSSR count). The Hall–Kier alpha value is -2.68. The van der Waals surface area contributed by atoms with Gasteiger partial charge in [-0.1, -0.05) is 19.1 Å². The predicted molar refractivity (Wildman–Crippen MR) is 107 cm³/mol. The van der Waals surface area contributed by atoms with Gasteiger partial charge in [0.1, 0.15) is 11.8 Å². The molecule has 0 radical (unpaired) electrons. The fourth-order valence-electron chi connectivity index (χ4n) is 2.98. The number of nitrogens with one attached hydrogen (secondary N) is 1. The number of rotatable bonds is 8. The average Bonchev–Trinajstić information content (AvgIpc) is 2.67. The lowest BCUT2D eigenvalue weighted by atomic mass is 10.0. The molecular weight excluding hydrogens is 402 g/mol. The van der Waals surface area contributed by atoms with E-state index in [1.165, 1.54) is 6.92 Å². The number of halogens is 2. The molecule has 0 aliphatic heterocycles. The number of methoxy groups -OCH3 is 1. The SMILES string of the molecule is CC[C@@H](NC(=O)[C@@H](C)N(c1ccc(F)c(F)c1)S(C)(=O)=O)c1ccc(OC)cc1. The summed E-state index contributed by atoms with van der Waals surface area (Å²) in [6, 6.07) is 8.29. The summed E-state index contributed by atoms with van der Waals surface area (Å²) in [6.07, 6.45) is 1.47. The standard InChI is InChI=1S/C20H24F2N2O4S/c1-5-19(14-6-9-16(28-3)10-7-14)23-20(25)13(2)24(29(4,26)27)15-8-11-17(21)18(22)12-15/h6-13,19H,5H2,1-4H3,(H,23,25)/t13-,19-/m1/s1. The lowest BCUT2D eigenvalue weighted by molar-refractivity contribution is -0.122. The summed E-state index contributed by atoms with van der Waals surface area (Å²) in [4.78, 5) is 12.8. The minimum absolute atomic E-state index is 0.133. The van der Waals surface area contributed by atoms with Gasteiger partial charge in [0.25, 0.3) is 0 Å². The lowest BCUT2D eigenvalue weighted by Crippen LogP contribution is -2.48. The van der Waals surface area contributed by atoms with Crippen molar-refractivity contribution >= 4 is 21.6 Å². The molecule has 1 N–H and O–H groups in total. The van der Waals surface area contributed by atoms with E-state index in [4.69, 9.17) is 4.74 Å². The molecule has 0 bridgehead atoms. The van der Waals surface area contributed by atoms with E-state index >= 15 is 0 Å². The van der Waals surface area contributed by atoms with Crippen LogP contribution < -0.4 is 14.4 Å². The molecule has 0 spiro atoms. The van der Waals surface area contributed by atoms with Crippen LogP contribution in [-0.2, 0) is 14.8 Å². The fraction of sp³-hybridized carbons (Fsp3) is 0.350. The van der Waals surface area contributed by atoms with Crippen LogP contribution in [-0.4, -0.2) is 33.7 Å². The molecule has 0 aliphatic rings. The third kappa shape index (κ3) is 5.44. The third-order valence-corrected chi connectivity index (χ3v) is 5.73. The number of sulfonamides is 1. The van der Waals surface area contributed by atoms with Crippen molar-refractivity contribution in [3.8, 4) is 5.75 Å². The number of hydrogen-bond donors (Lipinski definition) is 1. The summed E-state index contributed by atoms with van der Waals surface area (Å²) in [5.74, 6) is -2.20. The van der Waals surface area contributed by atoms with Crippen LogP contribution >= 0.6 is 0 Å². The van der Waals surface area contributed by atoms with E-state index in [0.717, 1.165) is 34.3 Å². The summed E-state index contributed by atoms with van der Waals surface area (Å²) in [6.45, 7) is 3.27. The van der Waals surface area contributed by atoms with Gasteiger partial charge < -0.3 is 10.1 Å². The van der Waals surface area contributed by atoms with E-state index in [0.29, 0.717) is 12.2 Å². The molecule has 0 saturated carbocycles. The first kappa shape index (κ1) is 22.6. The highest BCUT2D eigenvalue weighted by atomic mass is 32.2. The fourth-order valence-corrected chi connectivity index (χ4v) is 4.15. The van der Waals surface area contributed by atoms with Crippen molar-refractivity contribution < 1.29 is 26.7 Å². The molecule has 0 fully saturated rings. The molecule has 2 aromatic carbocycles. The molecule has 0 aromatic heterocycles. The first-order valence-electron chi connectivity index (χ1n) is 8.97. The van der Waals surface area contributed by atoms with E-state index in [1.54, 1.807) is 19.2 Å². The van der Waals surface area contributed by atoms with Gasteiger partial charge in [0.05, 0.1) is 25.1 Å². The largest absolute Gasteiger partial charge is 0.497 e. The molecule has 0 heterocycles. The molecule has 2 aromatic rings. The van der Waals surface area contributed by atoms with Gasteiger partial charge in [-0.2, -0.15) is 0 Å². The van der Waals surface area contributed by atoms with E-state index < -0.39 is 33.6 Å². The number of hydrogen-bond acceptors (Lipinski definition) is 4. The Morgan fingerprint density at radius 3 is 2.24 bits per heavy atom. The first-order chi connectivity index (χ1) is 13.6. The topological polar surface area (TPSA) is 75.7 Å². The van der Waals surface area contributed by atoms with Crippen molar-refractivity contribution in [2.45, 2.75) is 32.4 Å². The van der Waals surface area contributed by atoms with E-state index in [9.17, 15) is 22.0 Å². The molecule has 29 heavy (non-hydrogen) atoms. The van der Waals surface area contributed by atoms with Crippen molar-refractivity contribution in [1.82, 2.24) is 5.32 Å². The Kier molecular flexibility index (Phi) is 7.18. The van der Waals surface area contributed by atoms with Crippen LogP contribution in [0.2, 0.25) is 0 Å². The highest BCUT2D eigenvalue weighted by molar-refractivity contribution is 7.92. The Morgan fingerprint density at radius 2 is 1.76 bits per heavy atom. The molecule has 0 saturated heterocycles. The van der Waals surface area contributed by atoms with Crippen LogP contribution in [0, 0.1) is 11.6 Å². The van der Waals surface area contributed by atoms with Crippen molar-refractivity contribution in [1.29, 1.82) is 0 Å². The smallest absolute Gasteiger partial charge is 0.244 e. The van der Waals surface area contributed by atoms with Crippen LogP contribution in [0.4, 0.5) is 14.5 Å².